The van der Waals surface area contributed by atoms with Gasteiger partial charge in [-0.3, -0.25) is 4.79 Å². The third kappa shape index (κ3) is 4.42. The Morgan fingerprint density at radius 1 is 1.47 bits per heavy atom. The molecular formula is C12H20N2O5. The van der Waals surface area contributed by atoms with E-state index in [2.05, 4.69) is 5.32 Å². The first-order chi connectivity index (χ1) is 8.60. The van der Waals surface area contributed by atoms with Crippen LogP contribution >= 0.6 is 0 Å². The van der Waals surface area contributed by atoms with Crippen molar-refractivity contribution in [3.63, 3.8) is 0 Å². The second-order valence-corrected chi connectivity index (χ2v) is 5.61. The van der Waals surface area contributed by atoms with Crippen molar-refractivity contribution in [3.05, 3.63) is 0 Å². The van der Waals surface area contributed by atoms with E-state index >= 15 is 0 Å². The first-order valence-corrected chi connectivity index (χ1v) is 6.12. The van der Waals surface area contributed by atoms with Crippen LogP contribution in [0.2, 0.25) is 0 Å². The van der Waals surface area contributed by atoms with Crippen LogP contribution in [-0.2, 0) is 14.3 Å². The lowest BCUT2D eigenvalue weighted by molar-refractivity contribution is -0.147. The molecule has 2 atom stereocenters. The van der Waals surface area contributed by atoms with Crippen LogP contribution in [0, 0.1) is 0 Å². The van der Waals surface area contributed by atoms with Gasteiger partial charge < -0.3 is 20.1 Å². The Labute approximate surface area is 111 Å². The van der Waals surface area contributed by atoms with Gasteiger partial charge in [0.2, 0.25) is 5.91 Å². The molecule has 0 spiro atoms. The van der Waals surface area contributed by atoms with Crippen molar-refractivity contribution < 1.29 is 24.2 Å². The largest absolute Gasteiger partial charge is 0.480 e. The number of carboxylic acid groups (broad SMARTS) is 1. The number of carbonyl (C=O) groups excluding carboxylic acids is 2. The molecule has 1 rings (SSSR count). The summed E-state index contributed by atoms with van der Waals surface area (Å²) in [6, 6.07) is -1.30. The molecule has 2 N–H and O–H groups in total. The van der Waals surface area contributed by atoms with Crippen LogP contribution in [0.15, 0.2) is 0 Å². The van der Waals surface area contributed by atoms with Gasteiger partial charge in [-0.15, -0.1) is 0 Å². The van der Waals surface area contributed by atoms with E-state index in [-0.39, 0.29) is 18.9 Å². The van der Waals surface area contributed by atoms with E-state index < -0.39 is 29.7 Å². The van der Waals surface area contributed by atoms with Crippen molar-refractivity contribution in [3.8, 4) is 0 Å². The van der Waals surface area contributed by atoms with E-state index in [1.807, 2.05) is 0 Å². The van der Waals surface area contributed by atoms with Crippen LogP contribution < -0.4 is 5.32 Å². The first kappa shape index (κ1) is 15.3. The Bertz CT molecular complexity index is 388. The number of aliphatic carboxylic acids is 1. The van der Waals surface area contributed by atoms with Crippen molar-refractivity contribution in [2.75, 3.05) is 6.54 Å². The van der Waals surface area contributed by atoms with Crippen LogP contribution in [0.1, 0.15) is 34.1 Å². The summed E-state index contributed by atoms with van der Waals surface area (Å²) in [4.78, 5) is 35.3. The number of alkyl carbamates (subject to hydrolysis) is 1. The number of carboxylic acids is 1. The van der Waals surface area contributed by atoms with E-state index in [4.69, 9.17) is 9.84 Å². The molecule has 108 valence electrons. The van der Waals surface area contributed by atoms with E-state index in [0.29, 0.717) is 0 Å². The van der Waals surface area contributed by atoms with Gasteiger partial charge >= 0.3 is 12.1 Å². The zero-order valence-corrected chi connectivity index (χ0v) is 11.6. The second-order valence-electron chi connectivity index (χ2n) is 5.61. The lowest BCUT2D eigenvalue weighted by atomic mass is 10.2. The molecular weight excluding hydrogens is 252 g/mol. The highest BCUT2D eigenvalue weighted by Gasteiger charge is 2.36. The number of hydrogen-bond acceptors (Lipinski definition) is 4. The normalized spacial score (nSPS) is 21.2. The number of hydrogen-bond donors (Lipinski definition) is 2. The molecule has 7 nitrogen and oxygen atoms in total. The average molecular weight is 272 g/mol. The van der Waals surface area contributed by atoms with Gasteiger partial charge in [0, 0.05) is 13.0 Å². The number of rotatable bonds is 3. The molecule has 0 radical (unpaired) electrons. The predicted molar refractivity (Wildman–Crippen MR) is 66.6 cm³/mol. The van der Waals surface area contributed by atoms with Crippen LogP contribution in [-0.4, -0.2) is 52.2 Å². The van der Waals surface area contributed by atoms with E-state index in [1.54, 1.807) is 20.8 Å². The maximum Gasteiger partial charge on any atom is 0.407 e. The summed E-state index contributed by atoms with van der Waals surface area (Å²) in [5, 5.41) is 11.4. The topological polar surface area (TPSA) is 95.9 Å². The summed E-state index contributed by atoms with van der Waals surface area (Å²) in [6.45, 7) is 6.85. The third-order valence-corrected chi connectivity index (χ3v) is 2.70. The van der Waals surface area contributed by atoms with Gasteiger partial charge in [-0.05, 0) is 27.7 Å². The van der Waals surface area contributed by atoms with Crippen molar-refractivity contribution >= 4 is 18.0 Å². The highest BCUT2D eigenvalue weighted by Crippen LogP contribution is 2.15. The molecule has 2 amide bonds. The van der Waals surface area contributed by atoms with Gasteiger partial charge in [-0.2, -0.15) is 0 Å². The van der Waals surface area contributed by atoms with Gasteiger partial charge in [-0.1, -0.05) is 0 Å². The summed E-state index contributed by atoms with van der Waals surface area (Å²) in [6.07, 6.45) is -0.508. The SMILES string of the molecule is C[C@@H](C(=O)O)N1CC(NC(=O)OC(C)(C)C)CC1=O. The zero-order valence-electron chi connectivity index (χ0n) is 11.6. The summed E-state index contributed by atoms with van der Waals surface area (Å²) >= 11 is 0. The maximum atomic E-state index is 11.7. The number of nitrogens with zero attached hydrogens (tertiary/aromatic N) is 1. The van der Waals surface area contributed by atoms with Crippen LogP contribution in [0.5, 0.6) is 0 Å². The van der Waals surface area contributed by atoms with E-state index in [1.165, 1.54) is 11.8 Å². The van der Waals surface area contributed by atoms with Gasteiger partial charge in [-0.25, -0.2) is 9.59 Å². The Balaban J connectivity index is 2.54. The number of ether oxygens (including phenoxy) is 1. The molecule has 0 aromatic rings. The van der Waals surface area contributed by atoms with E-state index in [9.17, 15) is 14.4 Å². The van der Waals surface area contributed by atoms with E-state index in [0.717, 1.165) is 0 Å². The fraction of sp³-hybridized carbons (Fsp3) is 0.750. The third-order valence-electron chi connectivity index (χ3n) is 2.70. The Morgan fingerprint density at radius 2 is 2.05 bits per heavy atom. The Morgan fingerprint density at radius 3 is 2.53 bits per heavy atom. The predicted octanol–water partition coefficient (Wildman–Crippen LogP) is 0.585. The molecule has 1 aliphatic rings. The number of likely N-dealkylation sites (tertiary alicyclic amines) is 1. The minimum atomic E-state index is -1.06. The van der Waals surface area contributed by atoms with Gasteiger partial charge in [0.25, 0.3) is 0 Å². The second kappa shape index (κ2) is 5.46. The monoisotopic (exact) mass is 272 g/mol. The number of nitrogens with one attached hydrogen (secondary N) is 1. The summed E-state index contributed by atoms with van der Waals surface area (Å²) in [7, 11) is 0. The zero-order chi connectivity index (χ0) is 14.8. The molecule has 1 saturated heterocycles. The molecule has 7 heteroatoms. The lowest BCUT2D eigenvalue weighted by Gasteiger charge is -2.23. The quantitative estimate of drug-likeness (QED) is 0.783. The molecule has 0 bridgehead atoms. The standard InChI is InChI=1S/C12H20N2O5/c1-7(10(16)17)14-6-8(5-9(14)15)13-11(18)19-12(2,3)4/h7-8H,5-6H2,1-4H3,(H,13,18)(H,16,17)/t7-,8?/m0/s1. The van der Waals surface area contributed by atoms with Gasteiger partial charge in [0.1, 0.15) is 11.6 Å². The molecule has 0 aliphatic carbocycles. The summed E-state index contributed by atoms with van der Waals surface area (Å²) < 4.78 is 5.08. The Kier molecular flexibility index (Phi) is 4.39. The fourth-order valence-corrected chi connectivity index (χ4v) is 1.81. The minimum absolute atomic E-state index is 0.0941. The van der Waals surface area contributed by atoms with Gasteiger partial charge in [0.15, 0.2) is 0 Å². The first-order valence-electron chi connectivity index (χ1n) is 6.12. The molecule has 1 unspecified atom stereocenters. The number of carbonyl (C=O) groups is 3. The molecule has 1 aliphatic heterocycles. The average Bonchev–Trinajstić information content (AvgIpc) is 2.54. The smallest absolute Gasteiger partial charge is 0.407 e. The van der Waals surface area contributed by atoms with Crippen molar-refractivity contribution in [1.29, 1.82) is 0 Å². The molecule has 19 heavy (non-hydrogen) atoms. The molecule has 0 aromatic heterocycles. The molecule has 0 saturated carbocycles. The minimum Gasteiger partial charge on any atom is -0.480 e. The lowest BCUT2D eigenvalue weighted by Crippen LogP contribution is -2.43. The maximum absolute atomic E-state index is 11.7. The van der Waals surface area contributed by atoms with Crippen molar-refractivity contribution in [1.82, 2.24) is 10.2 Å². The number of amides is 2. The summed E-state index contributed by atoms with van der Waals surface area (Å²) in [5.41, 5.74) is -0.610. The van der Waals surface area contributed by atoms with Crippen molar-refractivity contribution in [2.24, 2.45) is 0 Å². The molecule has 1 heterocycles. The van der Waals surface area contributed by atoms with Crippen molar-refractivity contribution in [2.45, 2.75) is 51.8 Å². The molecule has 0 aromatic carbocycles. The summed E-state index contributed by atoms with van der Waals surface area (Å²) in [5.74, 6) is -1.35. The van der Waals surface area contributed by atoms with Crippen LogP contribution in [0.3, 0.4) is 0 Å². The highest BCUT2D eigenvalue weighted by atomic mass is 16.6. The fourth-order valence-electron chi connectivity index (χ4n) is 1.81. The Hall–Kier alpha value is -1.79. The van der Waals surface area contributed by atoms with Crippen LogP contribution in [0.25, 0.3) is 0 Å². The highest BCUT2D eigenvalue weighted by molar-refractivity contribution is 5.86. The molecule has 1 fully saturated rings. The van der Waals surface area contributed by atoms with Gasteiger partial charge in [0.05, 0.1) is 6.04 Å². The van der Waals surface area contributed by atoms with Crippen LogP contribution in [0.4, 0.5) is 4.79 Å².